The highest BCUT2D eigenvalue weighted by Crippen LogP contribution is 2.38. The second kappa shape index (κ2) is 11.3. The highest BCUT2D eigenvalue weighted by Gasteiger charge is 2.30. The van der Waals surface area contributed by atoms with Gasteiger partial charge in [-0.3, -0.25) is 4.79 Å². The first-order chi connectivity index (χ1) is 17.8. The van der Waals surface area contributed by atoms with E-state index in [9.17, 15) is 19.1 Å². The van der Waals surface area contributed by atoms with Gasteiger partial charge in [-0.15, -0.1) is 0 Å². The maximum Gasteiger partial charge on any atom is 0.338 e. The number of nitrogens with one attached hydrogen (secondary N) is 1. The van der Waals surface area contributed by atoms with Crippen LogP contribution in [0.4, 0.5) is 4.39 Å². The lowest BCUT2D eigenvalue weighted by Gasteiger charge is -2.20. The predicted molar refractivity (Wildman–Crippen MR) is 140 cm³/mol. The summed E-state index contributed by atoms with van der Waals surface area (Å²) < 4.78 is 25.2. The van der Waals surface area contributed by atoms with Crippen LogP contribution in [0, 0.1) is 5.82 Å². The molecule has 1 unspecified atom stereocenters. The van der Waals surface area contributed by atoms with Crippen LogP contribution in [0.2, 0.25) is 5.02 Å². The normalized spacial score (nSPS) is 11.7. The zero-order valence-corrected chi connectivity index (χ0v) is 21.0. The van der Waals surface area contributed by atoms with Gasteiger partial charge in [-0.25, -0.2) is 9.18 Å². The van der Waals surface area contributed by atoms with Crippen molar-refractivity contribution in [1.82, 2.24) is 4.98 Å². The summed E-state index contributed by atoms with van der Waals surface area (Å²) in [4.78, 5) is 28.5. The summed E-state index contributed by atoms with van der Waals surface area (Å²) in [6.07, 6.45) is 2.56. The van der Waals surface area contributed by atoms with Crippen molar-refractivity contribution < 1.29 is 28.6 Å². The Kier molecular flexibility index (Phi) is 7.94. The van der Waals surface area contributed by atoms with Crippen LogP contribution in [0.15, 0.2) is 72.9 Å². The van der Waals surface area contributed by atoms with E-state index in [0.29, 0.717) is 46.1 Å². The first-order valence-corrected chi connectivity index (χ1v) is 12.0. The molecule has 1 aromatic heterocycles. The molecule has 0 radical (unpaired) electrons. The number of methoxy groups -OCH3 is 1. The zero-order valence-electron chi connectivity index (χ0n) is 20.3. The van der Waals surface area contributed by atoms with Gasteiger partial charge in [0.1, 0.15) is 17.3 Å². The lowest BCUT2D eigenvalue weighted by Crippen LogP contribution is -2.16. The van der Waals surface area contributed by atoms with E-state index in [2.05, 4.69) is 4.98 Å². The average Bonchev–Trinajstić information content (AvgIpc) is 3.42. The molecule has 4 aromatic rings. The summed E-state index contributed by atoms with van der Waals surface area (Å²) in [6.45, 7) is 2.53. The number of benzene rings is 3. The number of ether oxygens (including phenoxy) is 2. The molecule has 0 fully saturated rings. The first kappa shape index (κ1) is 26.0. The number of halogens is 2. The Hall–Kier alpha value is -4.10. The van der Waals surface area contributed by atoms with Crippen molar-refractivity contribution in [3.8, 4) is 22.6 Å². The van der Waals surface area contributed by atoms with Gasteiger partial charge >= 0.3 is 5.97 Å². The smallest absolute Gasteiger partial charge is 0.338 e. The summed E-state index contributed by atoms with van der Waals surface area (Å²) in [5, 5.41) is 9.61. The van der Waals surface area contributed by atoms with Gasteiger partial charge in [0.25, 0.3) is 0 Å². The molecule has 4 rings (SSSR count). The van der Waals surface area contributed by atoms with Crippen LogP contribution in [0.25, 0.3) is 11.1 Å². The second-order valence-electron chi connectivity index (χ2n) is 8.37. The quantitative estimate of drug-likeness (QED) is 0.220. The Bertz CT molecular complexity index is 1430. The molecule has 8 heteroatoms. The van der Waals surface area contributed by atoms with Gasteiger partial charge in [-0.05, 0) is 72.1 Å². The van der Waals surface area contributed by atoms with Crippen LogP contribution < -0.4 is 9.47 Å². The van der Waals surface area contributed by atoms with Crippen molar-refractivity contribution in [3.05, 3.63) is 106 Å². The predicted octanol–water partition coefficient (Wildman–Crippen LogP) is 6.98. The van der Waals surface area contributed by atoms with Crippen molar-refractivity contribution in [2.75, 3.05) is 13.7 Å². The summed E-state index contributed by atoms with van der Waals surface area (Å²) in [7, 11) is 1.50. The average molecular weight is 522 g/mol. The van der Waals surface area contributed by atoms with E-state index >= 15 is 0 Å². The largest absolute Gasteiger partial charge is 0.496 e. The van der Waals surface area contributed by atoms with Gasteiger partial charge in [0, 0.05) is 23.0 Å². The third kappa shape index (κ3) is 5.52. The van der Waals surface area contributed by atoms with E-state index < -0.39 is 23.3 Å². The lowest BCUT2D eigenvalue weighted by atomic mass is 9.85. The number of aromatic carboxylic acids is 1. The third-order valence-electron chi connectivity index (χ3n) is 5.94. The fraction of sp³-hybridized carbons (Fsp3) is 0.172. The molecule has 1 atom stereocenters. The van der Waals surface area contributed by atoms with Crippen molar-refractivity contribution in [2.45, 2.75) is 19.3 Å². The zero-order chi connectivity index (χ0) is 26.5. The monoisotopic (exact) mass is 521 g/mol. The molecular formula is C29H25ClFNO5. The number of hydrogen-bond acceptors (Lipinski definition) is 4. The second-order valence-corrected chi connectivity index (χ2v) is 8.78. The first-order valence-electron chi connectivity index (χ1n) is 11.6. The van der Waals surface area contributed by atoms with E-state index in [1.165, 1.54) is 19.2 Å². The maximum absolute atomic E-state index is 14.0. The van der Waals surface area contributed by atoms with Crippen molar-refractivity contribution in [3.63, 3.8) is 0 Å². The summed E-state index contributed by atoms with van der Waals surface area (Å²) in [5.74, 6) is -2.25. The molecule has 3 aromatic carbocycles. The number of carboxylic acid groups (broad SMARTS) is 1. The van der Waals surface area contributed by atoms with Crippen LogP contribution in [0.3, 0.4) is 0 Å². The molecule has 0 spiro atoms. The molecule has 6 nitrogen and oxygen atoms in total. The topological polar surface area (TPSA) is 88.6 Å². The summed E-state index contributed by atoms with van der Waals surface area (Å²) in [6, 6.07) is 17.6. The Balaban J connectivity index is 1.83. The molecule has 37 heavy (non-hydrogen) atoms. The molecule has 1 heterocycles. The standard InChI is InChI=1S/C29H25ClFNO5/c1-3-13-37-19-8-9-20(23(30)16-19)28(33)27(25-5-4-12-32-25)22-15-18(7-11-26(22)36-2)17-6-10-24(31)21(14-17)29(34)35/h4-12,14-16,27,32H,3,13H2,1-2H3,(H,34,35). The van der Waals surface area contributed by atoms with E-state index in [4.69, 9.17) is 21.1 Å². The number of rotatable bonds is 10. The SMILES string of the molecule is CCCOc1ccc(C(=O)C(c2ccc[nH]2)c2cc(-c3ccc(F)c(C(=O)O)c3)ccc2OC)c(Cl)c1. The van der Waals surface area contributed by atoms with E-state index in [1.807, 2.05) is 6.92 Å². The van der Waals surface area contributed by atoms with Gasteiger partial charge in [0.15, 0.2) is 5.78 Å². The number of H-pyrrole nitrogens is 1. The van der Waals surface area contributed by atoms with Crippen molar-refractivity contribution >= 4 is 23.4 Å². The van der Waals surface area contributed by atoms with Gasteiger partial charge in [-0.1, -0.05) is 30.7 Å². The molecule has 0 saturated carbocycles. The Morgan fingerprint density at radius 1 is 1.03 bits per heavy atom. The van der Waals surface area contributed by atoms with Gasteiger partial charge < -0.3 is 19.6 Å². The summed E-state index contributed by atoms with van der Waals surface area (Å²) >= 11 is 6.53. The van der Waals surface area contributed by atoms with Crippen LogP contribution in [-0.4, -0.2) is 35.6 Å². The number of Topliss-reactive ketones (excluding diaryl/α,β-unsaturated/α-hetero) is 1. The Morgan fingerprint density at radius 3 is 2.43 bits per heavy atom. The number of aromatic nitrogens is 1. The summed E-state index contributed by atoms with van der Waals surface area (Å²) in [5.41, 5.74) is 2.11. The maximum atomic E-state index is 14.0. The van der Waals surface area contributed by atoms with Crippen LogP contribution >= 0.6 is 11.6 Å². The molecular weight excluding hydrogens is 497 g/mol. The number of aromatic amines is 1. The molecule has 190 valence electrons. The van der Waals surface area contributed by atoms with Crippen LogP contribution in [0.5, 0.6) is 11.5 Å². The molecule has 0 aliphatic heterocycles. The molecule has 2 N–H and O–H groups in total. The van der Waals surface area contributed by atoms with E-state index in [1.54, 1.807) is 54.7 Å². The highest BCUT2D eigenvalue weighted by atomic mass is 35.5. The van der Waals surface area contributed by atoms with Gasteiger partial charge in [-0.2, -0.15) is 0 Å². The minimum atomic E-state index is -1.37. The molecule has 0 amide bonds. The number of carboxylic acids is 1. The number of hydrogen-bond donors (Lipinski definition) is 2. The fourth-order valence-electron chi connectivity index (χ4n) is 4.14. The van der Waals surface area contributed by atoms with Crippen molar-refractivity contribution in [2.24, 2.45) is 0 Å². The van der Waals surface area contributed by atoms with Crippen LogP contribution in [-0.2, 0) is 0 Å². The molecule has 0 aliphatic rings. The van der Waals surface area contributed by atoms with Crippen molar-refractivity contribution in [1.29, 1.82) is 0 Å². The Labute approximate surface area is 218 Å². The van der Waals surface area contributed by atoms with Gasteiger partial charge in [0.05, 0.1) is 30.2 Å². The van der Waals surface area contributed by atoms with E-state index in [0.717, 1.165) is 12.5 Å². The molecule has 0 aliphatic carbocycles. The molecule has 0 bridgehead atoms. The molecule has 0 saturated heterocycles. The number of carbonyl (C=O) groups excluding carboxylic acids is 1. The van der Waals surface area contributed by atoms with Crippen LogP contribution in [0.1, 0.15) is 51.2 Å². The minimum absolute atomic E-state index is 0.259. The number of ketones is 1. The lowest BCUT2D eigenvalue weighted by molar-refractivity contribution is 0.0691. The van der Waals surface area contributed by atoms with E-state index in [-0.39, 0.29) is 10.8 Å². The number of carbonyl (C=O) groups is 2. The highest BCUT2D eigenvalue weighted by molar-refractivity contribution is 6.34. The minimum Gasteiger partial charge on any atom is -0.496 e. The van der Waals surface area contributed by atoms with Gasteiger partial charge in [0.2, 0.25) is 0 Å². The Morgan fingerprint density at radius 2 is 1.78 bits per heavy atom. The fourth-order valence-corrected chi connectivity index (χ4v) is 4.41. The third-order valence-corrected chi connectivity index (χ3v) is 6.26.